The summed E-state index contributed by atoms with van der Waals surface area (Å²) in [6.07, 6.45) is 2.43. The van der Waals surface area contributed by atoms with Gasteiger partial charge in [0.25, 0.3) is 0 Å². The van der Waals surface area contributed by atoms with E-state index in [1.54, 1.807) is 0 Å². The molecule has 16 heavy (non-hydrogen) atoms. The first-order chi connectivity index (χ1) is 7.77. The molecule has 2 fully saturated rings. The summed E-state index contributed by atoms with van der Waals surface area (Å²) in [5.74, 6) is -0.0256. The van der Waals surface area contributed by atoms with Gasteiger partial charge in [-0.3, -0.25) is 19.4 Å². The van der Waals surface area contributed by atoms with E-state index in [4.69, 9.17) is 0 Å². The lowest BCUT2D eigenvalue weighted by atomic mass is 10.3. The quantitative estimate of drug-likeness (QED) is 0.684. The van der Waals surface area contributed by atoms with Crippen molar-refractivity contribution in [3.8, 4) is 0 Å². The fourth-order valence-electron chi connectivity index (χ4n) is 2.25. The summed E-state index contributed by atoms with van der Waals surface area (Å²) < 4.78 is 0. The van der Waals surface area contributed by atoms with Crippen molar-refractivity contribution in [2.24, 2.45) is 0 Å². The van der Waals surface area contributed by atoms with Crippen LogP contribution < -0.4 is 5.32 Å². The largest absolute Gasteiger partial charge is 0.315 e. The molecule has 0 aromatic carbocycles. The molecule has 2 aliphatic heterocycles. The zero-order valence-electron chi connectivity index (χ0n) is 9.57. The Balaban J connectivity index is 1.83. The summed E-state index contributed by atoms with van der Waals surface area (Å²) in [5.41, 5.74) is 0. The highest BCUT2D eigenvalue weighted by molar-refractivity contribution is 5.97. The second-order valence-electron chi connectivity index (χ2n) is 4.42. The lowest BCUT2D eigenvalue weighted by Gasteiger charge is -2.21. The molecule has 2 saturated heterocycles. The summed E-state index contributed by atoms with van der Waals surface area (Å²) in [6.45, 7) is 4.81. The molecule has 2 rings (SSSR count). The van der Waals surface area contributed by atoms with E-state index in [1.807, 2.05) is 0 Å². The maximum absolute atomic E-state index is 11.9. The summed E-state index contributed by atoms with van der Waals surface area (Å²) in [5, 5.41) is 3.30. The first-order valence-corrected chi connectivity index (χ1v) is 6.03. The summed E-state index contributed by atoms with van der Waals surface area (Å²) >= 11 is 0. The van der Waals surface area contributed by atoms with E-state index >= 15 is 0 Å². The van der Waals surface area contributed by atoms with Gasteiger partial charge in [0, 0.05) is 26.1 Å². The number of nitrogens with one attached hydrogen (secondary N) is 1. The molecular weight excluding hydrogens is 206 g/mol. The standard InChI is InChI=1S/C11H19N3O2/c15-10-3-1-7-14(10)11(16)9-13-6-2-4-12-5-8-13/h12H,1-9H2. The van der Waals surface area contributed by atoms with E-state index in [-0.39, 0.29) is 11.8 Å². The Morgan fingerprint density at radius 3 is 2.81 bits per heavy atom. The van der Waals surface area contributed by atoms with Gasteiger partial charge in [0.15, 0.2) is 0 Å². The van der Waals surface area contributed by atoms with E-state index in [0.717, 1.165) is 39.0 Å². The lowest BCUT2D eigenvalue weighted by Crippen LogP contribution is -2.42. The molecule has 2 amide bonds. The second-order valence-corrected chi connectivity index (χ2v) is 4.42. The SMILES string of the molecule is O=C1CCCN1C(=O)CN1CCCNCC1. The first kappa shape index (κ1) is 11.5. The van der Waals surface area contributed by atoms with Crippen molar-refractivity contribution in [2.45, 2.75) is 19.3 Å². The minimum atomic E-state index is -0.0237. The summed E-state index contributed by atoms with van der Waals surface area (Å²) in [6, 6.07) is 0. The van der Waals surface area contributed by atoms with Crippen molar-refractivity contribution in [1.29, 1.82) is 0 Å². The molecule has 90 valence electrons. The van der Waals surface area contributed by atoms with Crippen LogP contribution in [0.15, 0.2) is 0 Å². The van der Waals surface area contributed by atoms with Crippen LogP contribution in [0.25, 0.3) is 0 Å². The smallest absolute Gasteiger partial charge is 0.243 e. The Bertz CT molecular complexity index is 272. The molecule has 0 saturated carbocycles. The minimum Gasteiger partial charge on any atom is -0.315 e. The Morgan fingerprint density at radius 2 is 2.06 bits per heavy atom. The van der Waals surface area contributed by atoms with Crippen LogP contribution in [0.1, 0.15) is 19.3 Å². The van der Waals surface area contributed by atoms with Crippen molar-refractivity contribution in [2.75, 3.05) is 39.3 Å². The molecule has 0 aliphatic carbocycles. The molecule has 2 heterocycles. The molecular formula is C11H19N3O2. The number of likely N-dealkylation sites (tertiary alicyclic amines) is 1. The monoisotopic (exact) mass is 225 g/mol. The summed E-state index contributed by atoms with van der Waals surface area (Å²) in [4.78, 5) is 26.8. The van der Waals surface area contributed by atoms with Gasteiger partial charge in [-0.2, -0.15) is 0 Å². The Labute approximate surface area is 95.8 Å². The third-order valence-corrected chi connectivity index (χ3v) is 3.17. The second kappa shape index (κ2) is 5.41. The minimum absolute atomic E-state index is 0.00190. The fraction of sp³-hybridized carbons (Fsp3) is 0.818. The van der Waals surface area contributed by atoms with Crippen LogP contribution in [-0.4, -0.2) is 60.9 Å². The molecule has 0 aromatic heterocycles. The van der Waals surface area contributed by atoms with Crippen molar-refractivity contribution in [3.05, 3.63) is 0 Å². The van der Waals surface area contributed by atoms with Gasteiger partial charge >= 0.3 is 0 Å². The van der Waals surface area contributed by atoms with Crippen LogP contribution in [0.3, 0.4) is 0 Å². The van der Waals surface area contributed by atoms with Crippen molar-refractivity contribution in [3.63, 3.8) is 0 Å². The van der Waals surface area contributed by atoms with Crippen LogP contribution in [0, 0.1) is 0 Å². The van der Waals surface area contributed by atoms with Crippen LogP contribution >= 0.6 is 0 Å². The van der Waals surface area contributed by atoms with E-state index in [9.17, 15) is 9.59 Å². The molecule has 0 bridgehead atoms. The average molecular weight is 225 g/mol. The summed E-state index contributed by atoms with van der Waals surface area (Å²) in [7, 11) is 0. The molecule has 5 nitrogen and oxygen atoms in total. The van der Waals surface area contributed by atoms with Gasteiger partial charge in [-0.25, -0.2) is 0 Å². The number of carbonyl (C=O) groups is 2. The molecule has 0 radical (unpaired) electrons. The molecule has 0 atom stereocenters. The van der Waals surface area contributed by atoms with Crippen molar-refractivity contribution < 1.29 is 9.59 Å². The van der Waals surface area contributed by atoms with E-state index in [0.29, 0.717) is 19.5 Å². The zero-order valence-corrected chi connectivity index (χ0v) is 9.57. The molecule has 5 heteroatoms. The highest BCUT2D eigenvalue weighted by Crippen LogP contribution is 2.10. The van der Waals surface area contributed by atoms with Gasteiger partial charge < -0.3 is 5.32 Å². The van der Waals surface area contributed by atoms with E-state index < -0.39 is 0 Å². The van der Waals surface area contributed by atoms with Gasteiger partial charge in [-0.05, 0) is 25.9 Å². The van der Waals surface area contributed by atoms with E-state index in [1.165, 1.54) is 4.90 Å². The van der Waals surface area contributed by atoms with Gasteiger partial charge in [0.2, 0.25) is 11.8 Å². The highest BCUT2D eigenvalue weighted by atomic mass is 16.2. The molecule has 0 spiro atoms. The maximum Gasteiger partial charge on any atom is 0.243 e. The van der Waals surface area contributed by atoms with Crippen LogP contribution in [0.4, 0.5) is 0 Å². The van der Waals surface area contributed by atoms with Crippen molar-refractivity contribution in [1.82, 2.24) is 15.1 Å². The predicted octanol–water partition coefficient (Wildman–Crippen LogP) is -0.569. The molecule has 0 aromatic rings. The topological polar surface area (TPSA) is 52.7 Å². The molecule has 2 aliphatic rings. The van der Waals surface area contributed by atoms with Gasteiger partial charge in [-0.1, -0.05) is 0 Å². The number of imide groups is 1. The lowest BCUT2D eigenvalue weighted by molar-refractivity contribution is -0.142. The third-order valence-electron chi connectivity index (χ3n) is 3.17. The normalized spacial score (nSPS) is 23.5. The Kier molecular flexibility index (Phi) is 3.90. The van der Waals surface area contributed by atoms with Crippen molar-refractivity contribution >= 4 is 11.8 Å². The highest BCUT2D eigenvalue weighted by Gasteiger charge is 2.27. The Morgan fingerprint density at radius 1 is 1.19 bits per heavy atom. The Hall–Kier alpha value is -0.940. The fourth-order valence-corrected chi connectivity index (χ4v) is 2.25. The zero-order chi connectivity index (χ0) is 11.4. The average Bonchev–Trinajstić information content (AvgIpc) is 2.53. The van der Waals surface area contributed by atoms with Gasteiger partial charge in [0.05, 0.1) is 6.54 Å². The number of hydrogen-bond acceptors (Lipinski definition) is 4. The first-order valence-electron chi connectivity index (χ1n) is 6.03. The number of carbonyl (C=O) groups excluding carboxylic acids is 2. The van der Waals surface area contributed by atoms with E-state index in [2.05, 4.69) is 10.2 Å². The van der Waals surface area contributed by atoms with Crippen LogP contribution in [0.2, 0.25) is 0 Å². The number of amides is 2. The van der Waals surface area contributed by atoms with Gasteiger partial charge in [0.1, 0.15) is 0 Å². The van der Waals surface area contributed by atoms with Gasteiger partial charge in [-0.15, -0.1) is 0 Å². The third kappa shape index (κ3) is 2.80. The number of nitrogens with zero attached hydrogens (tertiary/aromatic N) is 2. The molecule has 0 unspecified atom stereocenters. The predicted molar refractivity (Wildman–Crippen MR) is 59.9 cm³/mol. The molecule has 1 N–H and O–H groups in total. The maximum atomic E-state index is 11.9. The van der Waals surface area contributed by atoms with Crippen LogP contribution in [0.5, 0.6) is 0 Å². The number of hydrogen-bond donors (Lipinski definition) is 1. The number of rotatable bonds is 2. The van der Waals surface area contributed by atoms with Crippen LogP contribution in [-0.2, 0) is 9.59 Å².